The quantitative estimate of drug-likeness (QED) is 0.750. The standard InChI is InChI=1S/C17H29N3O/c1-19-11-8-16(9-12-19)20(2)17-7-4-3-6-15(17)14-18-10-5-13-21/h3-4,6-7,16,18,21H,5,8-14H2,1-2H3. The summed E-state index contributed by atoms with van der Waals surface area (Å²) in [6, 6.07) is 9.29. The summed E-state index contributed by atoms with van der Waals surface area (Å²) < 4.78 is 0. The molecule has 1 aromatic rings. The molecule has 0 bridgehead atoms. The summed E-state index contributed by atoms with van der Waals surface area (Å²) in [6.45, 7) is 4.36. The van der Waals surface area contributed by atoms with Crippen molar-refractivity contribution in [2.75, 3.05) is 45.2 Å². The third kappa shape index (κ3) is 4.70. The van der Waals surface area contributed by atoms with Gasteiger partial charge in [0.2, 0.25) is 0 Å². The van der Waals surface area contributed by atoms with Crippen molar-refractivity contribution in [3.05, 3.63) is 29.8 Å². The Hall–Kier alpha value is -1.10. The molecule has 0 amide bonds. The molecule has 118 valence electrons. The van der Waals surface area contributed by atoms with Crippen LogP contribution < -0.4 is 10.2 Å². The van der Waals surface area contributed by atoms with Crippen LogP contribution in [0.3, 0.4) is 0 Å². The molecule has 21 heavy (non-hydrogen) atoms. The lowest BCUT2D eigenvalue weighted by Gasteiger charge is -2.37. The number of aliphatic hydroxyl groups excluding tert-OH is 1. The summed E-state index contributed by atoms with van der Waals surface area (Å²) in [5.74, 6) is 0. The number of anilines is 1. The molecule has 1 aliphatic heterocycles. The monoisotopic (exact) mass is 291 g/mol. The molecule has 1 aliphatic rings. The van der Waals surface area contributed by atoms with Crippen LogP contribution in [0, 0.1) is 0 Å². The predicted octanol–water partition coefficient (Wildman–Crippen LogP) is 1.69. The Bertz CT molecular complexity index is 416. The molecule has 0 radical (unpaired) electrons. The zero-order valence-corrected chi connectivity index (χ0v) is 13.4. The zero-order chi connectivity index (χ0) is 15.1. The van der Waals surface area contributed by atoms with Gasteiger partial charge in [-0.1, -0.05) is 18.2 Å². The minimum absolute atomic E-state index is 0.254. The largest absolute Gasteiger partial charge is 0.396 e. The maximum atomic E-state index is 8.85. The van der Waals surface area contributed by atoms with Crippen molar-refractivity contribution in [1.82, 2.24) is 10.2 Å². The highest BCUT2D eigenvalue weighted by Crippen LogP contribution is 2.25. The van der Waals surface area contributed by atoms with E-state index in [1.165, 1.54) is 37.2 Å². The summed E-state index contributed by atoms with van der Waals surface area (Å²) in [4.78, 5) is 4.86. The van der Waals surface area contributed by atoms with Crippen molar-refractivity contribution in [2.24, 2.45) is 0 Å². The normalized spacial score (nSPS) is 17.1. The third-order valence-electron chi connectivity index (χ3n) is 4.43. The number of likely N-dealkylation sites (tertiary alicyclic amines) is 1. The Morgan fingerprint density at radius 1 is 1.29 bits per heavy atom. The van der Waals surface area contributed by atoms with E-state index in [4.69, 9.17) is 5.11 Å². The first-order chi connectivity index (χ1) is 10.2. The van der Waals surface area contributed by atoms with Gasteiger partial charge in [-0.05, 0) is 57.6 Å². The number of nitrogens with one attached hydrogen (secondary N) is 1. The molecular formula is C17H29N3O. The van der Waals surface area contributed by atoms with E-state index in [0.29, 0.717) is 6.04 Å². The first-order valence-corrected chi connectivity index (χ1v) is 8.03. The maximum absolute atomic E-state index is 8.85. The number of nitrogens with zero attached hydrogens (tertiary/aromatic N) is 2. The molecule has 0 unspecified atom stereocenters. The lowest BCUT2D eigenvalue weighted by molar-refractivity contribution is 0.252. The van der Waals surface area contributed by atoms with Gasteiger partial charge in [0.05, 0.1) is 0 Å². The van der Waals surface area contributed by atoms with Crippen LogP contribution in [0.15, 0.2) is 24.3 Å². The van der Waals surface area contributed by atoms with Crippen molar-refractivity contribution in [3.63, 3.8) is 0 Å². The highest BCUT2D eigenvalue weighted by molar-refractivity contribution is 5.53. The van der Waals surface area contributed by atoms with Crippen LogP contribution in [0.2, 0.25) is 0 Å². The minimum Gasteiger partial charge on any atom is -0.396 e. The molecule has 1 fully saturated rings. The van der Waals surface area contributed by atoms with Gasteiger partial charge in [-0.2, -0.15) is 0 Å². The first kappa shape index (κ1) is 16.3. The van der Waals surface area contributed by atoms with Gasteiger partial charge in [0.1, 0.15) is 0 Å². The molecule has 2 rings (SSSR count). The second-order valence-corrected chi connectivity index (χ2v) is 6.03. The van der Waals surface area contributed by atoms with Gasteiger partial charge >= 0.3 is 0 Å². The summed E-state index contributed by atoms with van der Waals surface area (Å²) in [6.07, 6.45) is 3.28. The Balaban J connectivity index is 1.97. The molecule has 0 spiro atoms. The summed E-state index contributed by atoms with van der Waals surface area (Å²) in [5, 5.41) is 12.3. The fourth-order valence-electron chi connectivity index (χ4n) is 3.01. The van der Waals surface area contributed by atoms with E-state index in [2.05, 4.69) is 53.5 Å². The molecule has 0 atom stereocenters. The predicted molar refractivity (Wildman–Crippen MR) is 88.8 cm³/mol. The number of piperidine rings is 1. The maximum Gasteiger partial charge on any atom is 0.0443 e. The number of para-hydroxylation sites is 1. The molecule has 4 heteroatoms. The Kier molecular flexibility index (Phi) is 6.49. The van der Waals surface area contributed by atoms with Crippen LogP contribution in [0.4, 0.5) is 5.69 Å². The smallest absolute Gasteiger partial charge is 0.0443 e. The number of aliphatic hydroxyl groups is 1. The van der Waals surface area contributed by atoms with Crippen LogP contribution in [0.25, 0.3) is 0 Å². The second-order valence-electron chi connectivity index (χ2n) is 6.03. The van der Waals surface area contributed by atoms with E-state index < -0.39 is 0 Å². The topological polar surface area (TPSA) is 38.7 Å². The zero-order valence-electron chi connectivity index (χ0n) is 13.4. The van der Waals surface area contributed by atoms with Crippen molar-refractivity contribution in [2.45, 2.75) is 31.8 Å². The molecule has 1 aromatic carbocycles. The van der Waals surface area contributed by atoms with Crippen LogP contribution in [0.1, 0.15) is 24.8 Å². The molecular weight excluding hydrogens is 262 g/mol. The van der Waals surface area contributed by atoms with Gasteiger partial charge in [0, 0.05) is 31.9 Å². The fourth-order valence-corrected chi connectivity index (χ4v) is 3.01. The van der Waals surface area contributed by atoms with E-state index >= 15 is 0 Å². The lowest BCUT2D eigenvalue weighted by atomic mass is 10.0. The van der Waals surface area contributed by atoms with E-state index in [-0.39, 0.29) is 6.61 Å². The van der Waals surface area contributed by atoms with E-state index in [9.17, 15) is 0 Å². The molecule has 4 nitrogen and oxygen atoms in total. The van der Waals surface area contributed by atoms with E-state index in [1.54, 1.807) is 0 Å². The average molecular weight is 291 g/mol. The molecule has 0 saturated carbocycles. The minimum atomic E-state index is 0.254. The van der Waals surface area contributed by atoms with Gasteiger partial charge < -0.3 is 20.2 Å². The summed E-state index contributed by atoms with van der Waals surface area (Å²) >= 11 is 0. The third-order valence-corrected chi connectivity index (χ3v) is 4.43. The number of benzene rings is 1. The molecule has 0 aliphatic carbocycles. The van der Waals surface area contributed by atoms with Crippen molar-refractivity contribution >= 4 is 5.69 Å². The fraction of sp³-hybridized carbons (Fsp3) is 0.647. The van der Waals surface area contributed by atoms with Gasteiger partial charge in [-0.25, -0.2) is 0 Å². The molecule has 1 saturated heterocycles. The number of rotatable bonds is 7. The molecule has 2 N–H and O–H groups in total. The van der Waals surface area contributed by atoms with Crippen LogP contribution >= 0.6 is 0 Å². The number of hydrogen-bond acceptors (Lipinski definition) is 4. The van der Waals surface area contributed by atoms with Gasteiger partial charge in [-0.15, -0.1) is 0 Å². The average Bonchev–Trinajstić information content (AvgIpc) is 2.52. The number of hydrogen-bond donors (Lipinski definition) is 2. The van der Waals surface area contributed by atoms with Crippen LogP contribution in [-0.4, -0.2) is 56.4 Å². The molecule has 0 aromatic heterocycles. The lowest BCUT2D eigenvalue weighted by Crippen LogP contribution is -2.42. The van der Waals surface area contributed by atoms with E-state index in [1.807, 2.05) is 0 Å². The highest BCUT2D eigenvalue weighted by atomic mass is 16.3. The summed E-state index contributed by atoms with van der Waals surface area (Å²) in [5.41, 5.74) is 2.68. The Morgan fingerprint density at radius 2 is 2.00 bits per heavy atom. The molecule has 1 heterocycles. The van der Waals surface area contributed by atoms with Gasteiger partial charge in [-0.3, -0.25) is 0 Å². The van der Waals surface area contributed by atoms with Crippen molar-refractivity contribution in [1.29, 1.82) is 0 Å². The SMILES string of the molecule is CN1CCC(N(C)c2ccccc2CNCCCO)CC1. The van der Waals surface area contributed by atoms with Gasteiger partial charge in [0.15, 0.2) is 0 Å². The van der Waals surface area contributed by atoms with Crippen molar-refractivity contribution < 1.29 is 5.11 Å². The van der Waals surface area contributed by atoms with Crippen molar-refractivity contribution in [3.8, 4) is 0 Å². The first-order valence-electron chi connectivity index (χ1n) is 8.03. The van der Waals surface area contributed by atoms with Gasteiger partial charge in [0.25, 0.3) is 0 Å². The second kappa shape index (κ2) is 8.37. The van der Waals surface area contributed by atoms with Crippen LogP contribution in [-0.2, 0) is 6.54 Å². The highest BCUT2D eigenvalue weighted by Gasteiger charge is 2.21. The Morgan fingerprint density at radius 3 is 2.71 bits per heavy atom. The van der Waals surface area contributed by atoms with Crippen LogP contribution in [0.5, 0.6) is 0 Å². The Labute approximate surface area is 128 Å². The summed E-state index contributed by atoms with van der Waals surface area (Å²) in [7, 11) is 4.43. The van der Waals surface area contributed by atoms with E-state index in [0.717, 1.165) is 19.5 Å².